The van der Waals surface area contributed by atoms with E-state index >= 15 is 0 Å². The van der Waals surface area contributed by atoms with Crippen LogP contribution in [0.5, 0.6) is 0 Å². The molecule has 0 N–H and O–H groups in total. The molecule has 0 radical (unpaired) electrons. The lowest BCUT2D eigenvalue weighted by atomic mass is 10.2. The Kier molecular flexibility index (Phi) is 3.81. The van der Waals surface area contributed by atoms with Gasteiger partial charge in [0.05, 0.1) is 18.4 Å². The van der Waals surface area contributed by atoms with Crippen LogP contribution < -0.4 is 0 Å². The SMILES string of the molecule is O=C(Cc1cn2ccsc2n1)N1CCN(C(=O)c2ccco2)CC1. The van der Waals surface area contributed by atoms with Crippen LogP contribution in [-0.2, 0) is 11.2 Å². The average molecular weight is 344 g/mol. The van der Waals surface area contributed by atoms with E-state index in [0.29, 0.717) is 38.4 Å². The third kappa shape index (κ3) is 2.80. The molecule has 4 heterocycles. The molecule has 7 nitrogen and oxygen atoms in total. The van der Waals surface area contributed by atoms with E-state index in [-0.39, 0.29) is 11.8 Å². The first-order valence-corrected chi connectivity index (χ1v) is 8.60. The molecule has 0 aromatic carbocycles. The summed E-state index contributed by atoms with van der Waals surface area (Å²) in [6.45, 7) is 2.11. The van der Waals surface area contributed by atoms with Crippen LogP contribution in [0.25, 0.3) is 4.96 Å². The molecule has 1 saturated heterocycles. The van der Waals surface area contributed by atoms with E-state index < -0.39 is 0 Å². The zero-order valence-corrected chi connectivity index (χ0v) is 13.7. The van der Waals surface area contributed by atoms with Gasteiger partial charge in [0, 0.05) is 44.0 Å². The molecule has 0 atom stereocenters. The van der Waals surface area contributed by atoms with Crippen molar-refractivity contribution in [3.8, 4) is 0 Å². The highest BCUT2D eigenvalue weighted by molar-refractivity contribution is 7.15. The summed E-state index contributed by atoms with van der Waals surface area (Å²) in [6.07, 6.45) is 5.60. The summed E-state index contributed by atoms with van der Waals surface area (Å²) < 4.78 is 7.07. The molecule has 24 heavy (non-hydrogen) atoms. The van der Waals surface area contributed by atoms with Crippen LogP contribution in [0.4, 0.5) is 0 Å². The number of carbonyl (C=O) groups is 2. The number of fused-ring (bicyclic) bond motifs is 1. The van der Waals surface area contributed by atoms with Crippen LogP contribution in [0.2, 0.25) is 0 Å². The minimum atomic E-state index is -0.124. The average Bonchev–Trinajstić information content (AvgIpc) is 3.31. The first kappa shape index (κ1) is 14.9. The van der Waals surface area contributed by atoms with Gasteiger partial charge in [0.2, 0.25) is 5.91 Å². The number of nitrogens with zero attached hydrogens (tertiary/aromatic N) is 4. The fraction of sp³-hybridized carbons (Fsp3) is 0.312. The third-order valence-corrected chi connectivity index (χ3v) is 4.90. The maximum atomic E-state index is 12.4. The Bertz CT molecular complexity index is 831. The van der Waals surface area contributed by atoms with Crippen LogP contribution in [0.3, 0.4) is 0 Å². The number of imidazole rings is 1. The zero-order valence-electron chi connectivity index (χ0n) is 12.9. The Morgan fingerprint density at radius 1 is 1.21 bits per heavy atom. The molecule has 124 valence electrons. The van der Waals surface area contributed by atoms with Gasteiger partial charge in [-0.05, 0) is 12.1 Å². The minimum absolute atomic E-state index is 0.0471. The van der Waals surface area contributed by atoms with Crippen molar-refractivity contribution < 1.29 is 14.0 Å². The summed E-state index contributed by atoms with van der Waals surface area (Å²) in [5.41, 5.74) is 0.779. The molecule has 0 bridgehead atoms. The number of hydrogen-bond acceptors (Lipinski definition) is 5. The number of carbonyl (C=O) groups excluding carboxylic acids is 2. The molecular formula is C16H16N4O3S. The van der Waals surface area contributed by atoms with Crippen molar-refractivity contribution in [3.05, 3.63) is 47.6 Å². The lowest BCUT2D eigenvalue weighted by Gasteiger charge is -2.34. The Hall–Kier alpha value is -2.61. The van der Waals surface area contributed by atoms with E-state index in [9.17, 15) is 9.59 Å². The molecule has 0 unspecified atom stereocenters. The second kappa shape index (κ2) is 6.12. The smallest absolute Gasteiger partial charge is 0.289 e. The predicted octanol–water partition coefficient (Wildman–Crippen LogP) is 1.52. The highest BCUT2D eigenvalue weighted by Crippen LogP contribution is 2.14. The van der Waals surface area contributed by atoms with E-state index in [1.165, 1.54) is 6.26 Å². The van der Waals surface area contributed by atoms with Gasteiger partial charge >= 0.3 is 0 Å². The molecule has 3 aromatic heterocycles. The highest BCUT2D eigenvalue weighted by Gasteiger charge is 2.26. The van der Waals surface area contributed by atoms with Crippen molar-refractivity contribution >= 4 is 28.1 Å². The number of hydrogen-bond donors (Lipinski definition) is 0. The Morgan fingerprint density at radius 2 is 2.00 bits per heavy atom. The molecule has 8 heteroatoms. The van der Waals surface area contributed by atoms with Crippen molar-refractivity contribution in [3.63, 3.8) is 0 Å². The van der Waals surface area contributed by atoms with Crippen LogP contribution in [0.1, 0.15) is 16.2 Å². The van der Waals surface area contributed by atoms with Crippen molar-refractivity contribution in [2.75, 3.05) is 26.2 Å². The summed E-state index contributed by atoms with van der Waals surface area (Å²) in [5.74, 6) is 0.264. The van der Waals surface area contributed by atoms with Gasteiger partial charge in [0.1, 0.15) is 0 Å². The second-order valence-electron chi connectivity index (χ2n) is 5.65. The number of piperazine rings is 1. The maximum absolute atomic E-state index is 12.4. The molecule has 1 fully saturated rings. The second-order valence-corrected chi connectivity index (χ2v) is 6.53. The van der Waals surface area contributed by atoms with Gasteiger partial charge in [-0.15, -0.1) is 11.3 Å². The number of rotatable bonds is 3. The molecule has 0 saturated carbocycles. The van der Waals surface area contributed by atoms with Gasteiger partial charge in [-0.2, -0.15) is 0 Å². The van der Waals surface area contributed by atoms with Gasteiger partial charge < -0.3 is 14.2 Å². The Morgan fingerprint density at radius 3 is 2.71 bits per heavy atom. The lowest BCUT2D eigenvalue weighted by molar-refractivity contribution is -0.132. The lowest BCUT2D eigenvalue weighted by Crippen LogP contribution is -2.50. The quantitative estimate of drug-likeness (QED) is 0.722. The molecule has 4 rings (SSSR count). The molecule has 2 amide bonds. The number of thiazole rings is 1. The van der Waals surface area contributed by atoms with Gasteiger partial charge in [-0.25, -0.2) is 4.98 Å². The molecule has 1 aliphatic heterocycles. The van der Waals surface area contributed by atoms with Gasteiger partial charge in [0.25, 0.3) is 5.91 Å². The van der Waals surface area contributed by atoms with Crippen LogP contribution >= 0.6 is 11.3 Å². The van der Waals surface area contributed by atoms with Gasteiger partial charge in [0.15, 0.2) is 10.7 Å². The first-order chi connectivity index (χ1) is 11.7. The van der Waals surface area contributed by atoms with Crippen molar-refractivity contribution in [1.29, 1.82) is 0 Å². The molecule has 0 aliphatic carbocycles. The Balaban J connectivity index is 1.34. The van der Waals surface area contributed by atoms with E-state index in [1.807, 2.05) is 22.2 Å². The fourth-order valence-electron chi connectivity index (χ4n) is 2.84. The maximum Gasteiger partial charge on any atom is 0.289 e. The monoisotopic (exact) mass is 344 g/mol. The summed E-state index contributed by atoms with van der Waals surface area (Å²) in [5, 5.41) is 1.96. The topological polar surface area (TPSA) is 71.1 Å². The largest absolute Gasteiger partial charge is 0.459 e. The predicted molar refractivity (Wildman–Crippen MR) is 88.0 cm³/mol. The summed E-state index contributed by atoms with van der Waals surface area (Å²) in [7, 11) is 0. The van der Waals surface area contributed by atoms with Crippen molar-refractivity contribution in [1.82, 2.24) is 19.2 Å². The van der Waals surface area contributed by atoms with Crippen molar-refractivity contribution in [2.24, 2.45) is 0 Å². The van der Waals surface area contributed by atoms with E-state index in [0.717, 1.165) is 10.7 Å². The summed E-state index contributed by atoms with van der Waals surface area (Å²) in [6, 6.07) is 3.35. The summed E-state index contributed by atoms with van der Waals surface area (Å²) in [4.78, 5) is 33.5. The van der Waals surface area contributed by atoms with Crippen molar-refractivity contribution in [2.45, 2.75) is 6.42 Å². The first-order valence-electron chi connectivity index (χ1n) is 7.72. The molecule has 1 aliphatic rings. The number of amides is 2. The van der Waals surface area contributed by atoms with E-state index in [4.69, 9.17) is 4.42 Å². The zero-order chi connectivity index (χ0) is 16.5. The van der Waals surface area contributed by atoms with Crippen LogP contribution in [0, 0.1) is 0 Å². The Labute approximate surface area is 142 Å². The molecule has 0 spiro atoms. The third-order valence-electron chi connectivity index (χ3n) is 4.13. The van der Waals surface area contributed by atoms with Crippen LogP contribution in [-0.4, -0.2) is 57.2 Å². The number of furan rings is 1. The summed E-state index contributed by atoms with van der Waals surface area (Å²) >= 11 is 1.55. The van der Waals surface area contributed by atoms with Gasteiger partial charge in [-0.1, -0.05) is 0 Å². The fourth-order valence-corrected chi connectivity index (χ4v) is 3.56. The van der Waals surface area contributed by atoms with E-state index in [2.05, 4.69) is 4.98 Å². The molecular weight excluding hydrogens is 328 g/mol. The standard InChI is InChI=1S/C16H16N4O3S/c21-14(10-12-11-20-7-9-24-16(20)17-12)18-3-5-19(6-4-18)15(22)13-2-1-8-23-13/h1-2,7-9,11H,3-6,10H2. The highest BCUT2D eigenvalue weighted by atomic mass is 32.1. The van der Waals surface area contributed by atoms with Crippen LogP contribution in [0.15, 0.2) is 40.6 Å². The minimum Gasteiger partial charge on any atom is -0.459 e. The normalized spacial score (nSPS) is 15.2. The molecule has 3 aromatic rings. The number of aromatic nitrogens is 2. The van der Waals surface area contributed by atoms with E-state index in [1.54, 1.807) is 33.3 Å². The van der Waals surface area contributed by atoms with Gasteiger partial charge in [-0.3, -0.25) is 14.0 Å².